The van der Waals surface area contributed by atoms with Crippen molar-refractivity contribution in [2.45, 2.75) is 65.4 Å². The van der Waals surface area contributed by atoms with Gasteiger partial charge in [0.25, 0.3) is 5.91 Å². The topological polar surface area (TPSA) is 71.3 Å². The zero-order valence-corrected chi connectivity index (χ0v) is 17.0. The summed E-state index contributed by atoms with van der Waals surface area (Å²) in [4.78, 5) is 13.1. The van der Waals surface area contributed by atoms with Gasteiger partial charge < -0.3 is 14.8 Å². The molecule has 0 aromatic heterocycles. The van der Waals surface area contributed by atoms with E-state index < -0.39 is 5.60 Å². The van der Waals surface area contributed by atoms with Crippen LogP contribution in [0, 0.1) is 23.2 Å². The third-order valence-corrected chi connectivity index (χ3v) is 4.88. The second kappa shape index (κ2) is 9.75. The number of amides is 1. The van der Waals surface area contributed by atoms with Crippen LogP contribution in [-0.4, -0.2) is 24.7 Å². The Kier molecular flexibility index (Phi) is 7.67. The number of ether oxygens (including phenoxy) is 2. The molecule has 5 nitrogen and oxygen atoms in total. The molecule has 1 aliphatic carbocycles. The molecule has 0 aliphatic heterocycles. The molecule has 1 N–H and O–H groups in total. The predicted molar refractivity (Wildman–Crippen MR) is 107 cm³/mol. The largest absolute Gasteiger partial charge is 0.492 e. The van der Waals surface area contributed by atoms with Crippen molar-refractivity contribution in [1.82, 2.24) is 0 Å². The third-order valence-electron chi connectivity index (χ3n) is 4.88. The first-order chi connectivity index (χ1) is 12.9. The zero-order valence-electron chi connectivity index (χ0n) is 17.0. The van der Waals surface area contributed by atoms with Gasteiger partial charge in [0.05, 0.1) is 12.2 Å². The number of carbonyl (C=O) groups excluding carboxylic acids is 1. The molecule has 0 saturated heterocycles. The summed E-state index contributed by atoms with van der Waals surface area (Å²) in [6.45, 7) is 9.46. The van der Waals surface area contributed by atoms with Crippen LogP contribution in [0.5, 0.6) is 5.75 Å². The lowest BCUT2D eigenvalue weighted by atomic mass is 9.78. The molecule has 2 rings (SSSR count). The van der Waals surface area contributed by atoms with E-state index in [1.54, 1.807) is 18.2 Å². The van der Waals surface area contributed by atoms with Gasteiger partial charge in [-0.15, -0.1) is 0 Å². The van der Waals surface area contributed by atoms with Gasteiger partial charge in [0, 0.05) is 12.3 Å². The molecule has 2 atom stereocenters. The molecular formula is C22H32N2O3. The van der Waals surface area contributed by atoms with Gasteiger partial charge in [0.15, 0.2) is 0 Å². The molecule has 0 heterocycles. The summed E-state index contributed by atoms with van der Waals surface area (Å²) < 4.78 is 11.8. The lowest BCUT2D eigenvalue weighted by molar-refractivity contribution is -0.148. The summed E-state index contributed by atoms with van der Waals surface area (Å²) in [5, 5.41) is 12.4. The first-order valence-corrected chi connectivity index (χ1v) is 10.0. The predicted octanol–water partition coefficient (Wildman–Crippen LogP) is 4.91. The van der Waals surface area contributed by atoms with Crippen LogP contribution in [0.3, 0.4) is 0 Å². The highest BCUT2D eigenvalue weighted by molar-refractivity contribution is 5.97. The van der Waals surface area contributed by atoms with Crippen LogP contribution in [0.15, 0.2) is 18.2 Å². The quantitative estimate of drug-likeness (QED) is 0.704. The maximum atomic E-state index is 13.1. The molecule has 27 heavy (non-hydrogen) atoms. The zero-order chi connectivity index (χ0) is 19.9. The normalized spacial score (nSPS) is 22.3. The van der Waals surface area contributed by atoms with Gasteiger partial charge in [-0.25, -0.2) is 0 Å². The fourth-order valence-corrected chi connectivity index (χ4v) is 3.53. The van der Waals surface area contributed by atoms with E-state index in [2.05, 4.69) is 32.2 Å². The summed E-state index contributed by atoms with van der Waals surface area (Å²) in [7, 11) is 0. The van der Waals surface area contributed by atoms with Crippen LogP contribution in [0.4, 0.5) is 5.69 Å². The third kappa shape index (κ3) is 5.71. The molecule has 2 unspecified atom stereocenters. The SMILES string of the molecule is CCCOC1(C(=O)Nc2ccc(OCC(C)C)c(C#N)c2)CCCC(C)C1. The summed E-state index contributed by atoms with van der Waals surface area (Å²) in [5.74, 6) is 1.28. The van der Waals surface area contributed by atoms with Crippen LogP contribution in [0.1, 0.15) is 65.4 Å². The first kappa shape index (κ1) is 21.2. The number of carbonyl (C=O) groups is 1. The molecular weight excluding hydrogens is 340 g/mol. The van der Waals surface area contributed by atoms with Gasteiger partial charge in [-0.1, -0.05) is 34.1 Å². The minimum atomic E-state index is -0.771. The maximum Gasteiger partial charge on any atom is 0.256 e. The molecule has 1 fully saturated rings. The summed E-state index contributed by atoms with van der Waals surface area (Å²) >= 11 is 0. The molecule has 1 aromatic carbocycles. The molecule has 1 aromatic rings. The number of hydrogen-bond donors (Lipinski definition) is 1. The van der Waals surface area contributed by atoms with E-state index >= 15 is 0 Å². The first-order valence-electron chi connectivity index (χ1n) is 10.0. The van der Waals surface area contributed by atoms with Crippen LogP contribution >= 0.6 is 0 Å². The van der Waals surface area contributed by atoms with E-state index in [-0.39, 0.29) is 5.91 Å². The van der Waals surface area contributed by atoms with Crippen LogP contribution in [-0.2, 0) is 9.53 Å². The molecule has 148 valence electrons. The van der Waals surface area contributed by atoms with E-state index in [1.807, 2.05) is 6.92 Å². The number of benzene rings is 1. The van der Waals surface area contributed by atoms with E-state index in [0.29, 0.717) is 42.0 Å². The average molecular weight is 373 g/mol. The van der Waals surface area contributed by atoms with E-state index in [4.69, 9.17) is 9.47 Å². The number of nitrogens with zero attached hydrogens (tertiary/aromatic N) is 1. The Morgan fingerprint density at radius 1 is 1.44 bits per heavy atom. The van der Waals surface area contributed by atoms with Gasteiger partial charge in [0.2, 0.25) is 0 Å². The highest BCUT2D eigenvalue weighted by atomic mass is 16.5. The molecule has 0 spiro atoms. The Bertz CT molecular complexity index is 681. The minimum absolute atomic E-state index is 0.109. The Balaban J connectivity index is 2.16. The molecule has 0 bridgehead atoms. The van der Waals surface area contributed by atoms with Crippen molar-refractivity contribution in [3.63, 3.8) is 0 Å². The lowest BCUT2D eigenvalue weighted by Gasteiger charge is -2.38. The van der Waals surface area contributed by atoms with Crippen LogP contribution < -0.4 is 10.1 Å². The van der Waals surface area contributed by atoms with Gasteiger partial charge >= 0.3 is 0 Å². The summed E-state index contributed by atoms with van der Waals surface area (Å²) in [6.07, 6.45) is 4.47. The highest BCUT2D eigenvalue weighted by Gasteiger charge is 2.42. The number of anilines is 1. The average Bonchev–Trinajstić information content (AvgIpc) is 2.65. The molecule has 5 heteroatoms. The highest BCUT2D eigenvalue weighted by Crippen LogP contribution is 2.36. The maximum absolute atomic E-state index is 13.1. The Morgan fingerprint density at radius 3 is 2.85 bits per heavy atom. The van der Waals surface area contributed by atoms with Crippen molar-refractivity contribution in [3.05, 3.63) is 23.8 Å². The van der Waals surface area contributed by atoms with Gasteiger partial charge in [-0.3, -0.25) is 4.79 Å². The number of rotatable bonds is 8. The van der Waals surface area contributed by atoms with E-state index in [1.165, 1.54) is 0 Å². The molecule has 1 saturated carbocycles. The number of hydrogen-bond acceptors (Lipinski definition) is 4. The monoisotopic (exact) mass is 372 g/mol. The van der Waals surface area contributed by atoms with Crippen molar-refractivity contribution in [3.8, 4) is 11.8 Å². The fourth-order valence-electron chi connectivity index (χ4n) is 3.53. The van der Waals surface area contributed by atoms with Crippen LogP contribution in [0.25, 0.3) is 0 Å². The van der Waals surface area contributed by atoms with Gasteiger partial charge in [-0.2, -0.15) is 5.26 Å². The Hall–Kier alpha value is -2.06. The number of nitrogens with one attached hydrogen (secondary N) is 1. The second-order valence-corrected chi connectivity index (χ2v) is 8.03. The second-order valence-electron chi connectivity index (χ2n) is 8.03. The van der Waals surface area contributed by atoms with Crippen LogP contribution in [0.2, 0.25) is 0 Å². The molecule has 1 aliphatic rings. The smallest absolute Gasteiger partial charge is 0.256 e. The van der Waals surface area contributed by atoms with Crippen molar-refractivity contribution in [1.29, 1.82) is 5.26 Å². The standard InChI is InChI=1S/C22H32N2O3/c1-5-11-27-22(10-6-7-17(4)13-22)21(25)24-19-8-9-20(18(12-19)14-23)26-15-16(2)3/h8-9,12,16-17H,5-7,10-11,13,15H2,1-4H3,(H,24,25). The summed E-state index contributed by atoms with van der Waals surface area (Å²) in [5.41, 5.74) is 0.257. The van der Waals surface area contributed by atoms with E-state index in [0.717, 1.165) is 32.1 Å². The molecule has 0 radical (unpaired) electrons. The minimum Gasteiger partial charge on any atom is -0.492 e. The Labute approximate surface area is 163 Å². The molecule has 1 amide bonds. The van der Waals surface area contributed by atoms with Crippen molar-refractivity contribution < 1.29 is 14.3 Å². The number of nitriles is 1. The van der Waals surface area contributed by atoms with Crippen molar-refractivity contribution in [2.75, 3.05) is 18.5 Å². The Morgan fingerprint density at radius 2 is 2.22 bits per heavy atom. The van der Waals surface area contributed by atoms with E-state index in [9.17, 15) is 10.1 Å². The summed E-state index contributed by atoms with van der Waals surface area (Å²) in [6, 6.07) is 7.37. The fraction of sp³-hybridized carbons (Fsp3) is 0.636. The van der Waals surface area contributed by atoms with Crippen molar-refractivity contribution in [2.24, 2.45) is 11.8 Å². The van der Waals surface area contributed by atoms with Gasteiger partial charge in [-0.05, 0) is 55.7 Å². The van der Waals surface area contributed by atoms with Crippen molar-refractivity contribution >= 4 is 11.6 Å². The lowest BCUT2D eigenvalue weighted by Crippen LogP contribution is -2.48. The van der Waals surface area contributed by atoms with Gasteiger partial charge in [0.1, 0.15) is 17.4 Å².